The molecule has 6 heteroatoms. The highest BCUT2D eigenvalue weighted by Crippen LogP contribution is 2.21. The fraction of sp³-hybridized carbons (Fsp3) is 0.250. The maximum absolute atomic E-state index is 5.69. The molecule has 6 nitrogen and oxygen atoms in total. The number of nitrogens with one attached hydrogen (secondary N) is 1. The van der Waals surface area contributed by atoms with Crippen molar-refractivity contribution in [2.24, 2.45) is 0 Å². The average Bonchev–Trinajstić information content (AvgIpc) is 2.56. The number of nitrogens with zero attached hydrogens (tertiary/aromatic N) is 4. The summed E-state index contributed by atoms with van der Waals surface area (Å²) in [5.74, 6) is 0.368. The number of aromatic nitrogens is 5. The van der Waals surface area contributed by atoms with Gasteiger partial charge >= 0.3 is 0 Å². The maximum Gasteiger partial charge on any atom is 0.151 e. The highest BCUT2D eigenvalue weighted by Gasteiger charge is 2.12. The molecule has 2 heterocycles. The molecule has 0 aromatic carbocycles. The summed E-state index contributed by atoms with van der Waals surface area (Å²) in [7, 11) is 0. The van der Waals surface area contributed by atoms with Gasteiger partial charge in [0.15, 0.2) is 5.82 Å². The Morgan fingerprint density at radius 2 is 2.00 bits per heavy atom. The quantitative estimate of drug-likeness (QED) is 0.681. The minimum absolute atomic E-state index is 0.368. The Kier molecular flexibility index (Phi) is 1.88. The van der Waals surface area contributed by atoms with Gasteiger partial charge in [-0.05, 0) is 13.8 Å². The van der Waals surface area contributed by atoms with Crippen molar-refractivity contribution in [2.45, 2.75) is 13.8 Å². The normalized spacial score (nSPS) is 10.4. The van der Waals surface area contributed by atoms with E-state index < -0.39 is 0 Å². The number of nitrogens with two attached hydrogens (primary N) is 1. The van der Waals surface area contributed by atoms with E-state index in [1.165, 1.54) is 0 Å². The molecule has 72 valence electrons. The molecule has 0 spiro atoms. The molecule has 0 fully saturated rings. The van der Waals surface area contributed by atoms with E-state index in [1.807, 2.05) is 13.8 Å². The first-order chi connectivity index (χ1) is 6.68. The van der Waals surface area contributed by atoms with Crippen molar-refractivity contribution in [2.75, 3.05) is 5.73 Å². The van der Waals surface area contributed by atoms with Crippen LogP contribution in [0.1, 0.15) is 11.4 Å². The second-order valence-electron chi connectivity index (χ2n) is 3.00. The van der Waals surface area contributed by atoms with Crippen molar-refractivity contribution < 1.29 is 0 Å². The Morgan fingerprint density at radius 1 is 1.21 bits per heavy atom. The maximum atomic E-state index is 5.69. The number of aryl methyl sites for hydroxylation is 2. The summed E-state index contributed by atoms with van der Waals surface area (Å²) in [6.45, 7) is 3.69. The minimum atomic E-state index is 0.368. The number of aromatic amines is 1. The molecule has 2 aromatic heterocycles. The van der Waals surface area contributed by atoms with E-state index in [-0.39, 0.29) is 0 Å². The third-order valence-electron chi connectivity index (χ3n) is 1.87. The van der Waals surface area contributed by atoms with Crippen LogP contribution in [0.2, 0.25) is 0 Å². The van der Waals surface area contributed by atoms with Crippen LogP contribution < -0.4 is 5.73 Å². The van der Waals surface area contributed by atoms with E-state index in [1.54, 1.807) is 6.20 Å². The zero-order chi connectivity index (χ0) is 10.1. The molecule has 2 aromatic rings. The number of hydrogen-bond acceptors (Lipinski definition) is 5. The average molecular weight is 190 g/mol. The van der Waals surface area contributed by atoms with Crippen LogP contribution in [0.3, 0.4) is 0 Å². The fourth-order valence-electron chi connectivity index (χ4n) is 1.17. The van der Waals surface area contributed by atoms with E-state index in [9.17, 15) is 0 Å². The van der Waals surface area contributed by atoms with Gasteiger partial charge in [-0.1, -0.05) is 0 Å². The van der Waals surface area contributed by atoms with Gasteiger partial charge in [0.1, 0.15) is 11.4 Å². The topological polar surface area (TPSA) is 93.4 Å². The van der Waals surface area contributed by atoms with Gasteiger partial charge in [-0.2, -0.15) is 15.4 Å². The third kappa shape index (κ3) is 1.30. The van der Waals surface area contributed by atoms with Gasteiger partial charge < -0.3 is 5.73 Å². The summed E-state index contributed by atoms with van der Waals surface area (Å²) < 4.78 is 0. The molecule has 0 unspecified atom stereocenters. The predicted molar refractivity (Wildman–Crippen MR) is 51.3 cm³/mol. The Bertz CT molecular complexity index is 461. The molecule has 0 aliphatic rings. The molecule has 0 atom stereocenters. The van der Waals surface area contributed by atoms with Gasteiger partial charge in [0, 0.05) is 0 Å². The van der Waals surface area contributed by atoms with Gasteiger partial charge in [0.2, 0.25) is 0 Å². The zero-order valence-electron chi connectivity index (χ0n) is 7.94. The van der Waals surface area contributed by atoms with Crippen molar-refractivity contribution in [3.05, 3.63) is 17.6 Å². The Labute approximate surface area is 80.6 Å². The number of nitrogen functional groups attached to an aromatic ring is 1. The summed E-state index contributed by atoms with van der Waals surface area (Å²) in [4.78, 5) is 8.28. The highest BCUT2D eigenvalue weighted by molar-refractivity contribution is 5.67. The molecule has 0 aliphatic carbocycles. The summed E-state index contributed by atoms with van der Waals surface area (Å²) in [6.07, 6.45) is 1.62. The smallest absolute Gasteiger partial charge is 0.151 e. The molecule has 0 aliphatic heterocycles. The van der Waals surface area contributed by atoms with Crippen molar-refractivity contribution in [3.63, 3.8) is 0 Å². The summed E-state index contributed by atoms with van der Waals surface area (Å²) >= 11 is 0. The predicted octanol–water partition coefficient (Wildman–Crippen LogP) is 0.461. The van der Waals surface area contributed by atoms with E-state index in [4.69, 9.17) is 5.73 Å². The van der Waals surface area contributed by atoms with Crippen LogP contribution in [0.15, 0.2) is 6.20 Å². The van der Waals surface area contributed by atoms with Crippen LogP contribution in [-0.2, 0) is 0 Å². The van der Waals surface area contributed by atoms with Crippen LogP contribution in [0, 0.1) is 13.8 Å². The highest BCUT2D eigenvalue weighted by atomic mass is 15.3. The van der Waals surface area contributed by atoms with E-state index in [2.05, 4.69) is 25.4 Å². The van der Waals surface area contributed by atoms with Crippen molar-refractivity contribution in [3.8, 4) is 11.4 Å². The van der Waals surface area contributed by atoms with Crippen LogP contribution >= 0.6 is 0 Å². The first-order valence-electron chi connectivity index (χ1n) is 4.15. The Balaban J connectivity index is 2.62. The van der Waals surface area contributed by atoms with E-state index in [0.717, 1.165) is 11.4 Å². The SMILES string of the molecule is Cc1cnc(N)c(-c2n[nH]nc2C)n1. The monoisotopic (exact) mass is 190 g/mol. The van der Waals surface area contributed by atoms with Gasteiger partial charge in [0.05, 0.1) is 17.6 Å². The van der Waals surface area contributed by atoms with Crippen LogP contribution in [0.5, 0.6) is 0 Å². The molecule has 3 N–H and O–H groups in total. The first-order valence-corrected chi connectivity index (χ1v) is 4.15. The van der Waals surface area contributed by atoms with Crippen LogP contribution in [0.4, 0.5) is 5.82 Å². The largest absolute Gasteiger partial charge is 0.382 e. The molecule has 0 saturated carbocycles. The fourth-order valence-corrected chi connectivity index (χ4v) is 1.17. The Hall–Kier alpha value is -1.98. The van der Waals surface area contributed by atoms with Gasteiger partial charge in [-0.3, -0.25) is 0 Å². The van der Waals surface area contributed by atoms with Crippen molar-refractivity contribution in [1.82, 2.24) is 25.4 Å². The molecule has 0 amide bonds. The van der Waals surface area contributed by atoms with Crippen LogP contribution in [0.25, 0.3) is 11.4 Å². The molecule has 0 saturated heterocycles. The van der Waals surface area contributed by atoms with E-state index in [0.29, 0.717) is 17.2 Å². The number of hydrogen-bond donors (Lipinski definition) is 2. The molecule has 2 rings (SSSR count). The number of H-pyrrole nitrogens is 1. The van der Waals surface area contributed by atoms with Crippen molar-refractivity contribution in [1.29, 1.82) is 0 Å². The molecular formula is C8H10N6. The lowest BCUT2D eigenvalue weighted by Crippen LogP contribution is -1.99. The Morgan fingerprint density at radius 3 is 2.64 bits per heavy atom. The summed E-state index contributed by atoms with van der Waals surface area (Å²) in [5.41, 5.74) is 8.49. The summed E-state index contributed by atoms with van der Waals surface area (Å²) in [5, 5.41) is 10.4. The van der Waals surface area contributed by atoms with Crippen molar-refractivity contribution >= 4 is 5.82 Å². The lowest BCUT2D eigenvalue weighted by Gasteiger charge is -2.01. The second-order valence-corrected chi connectivity index (χ2v) is 3.00. The van der Waals surface area contributed by atoms with Gasteiger partial charge in [-0.15, -0.1) is 0 Å². The van der Waals surface area contributed by atoms with Gasteiger partial charge in [-0.25, -0.2) is 9.97 Å². The third-order valence-corrected chi connectivity index (χ3v) is 1.87. The molecule has 14 heavy (non-hydrogen) atoms. The standard InChI is InChI=1S/C8H10N6/c1-4-3-10-8(9)7(11-4)6-5(2)12-14-13-6/h3H,1-2H3,(H2,9,10)(H,12,13,14). The summed E-state index contributed by atoms with van der Waals surface area (Å²) in [6, 6.07) is 0. The van der Waals surface area contributed by atoms with E-state index >= 15 is 0 Å². The number of anilines is 1. The second kappa shape index (κ2) is 3.06. The first kappa shape index (κ1) is 8.61. The lowest BCUT2D eigenvalue weighted by atomic mass is 10.2. The minimum Gasteiger partial charge on any atom is -0.382 e. The van der Waals surface area contributed by atoms with Gasteiger partial charge in [0.25, 0.3) is 0 Å². The van der Waals surface area contributed by atoms with Crippen LogP contribution in [-0.4, -0.2) is 25.4 Å². The zero-order valence-corrected chi connectivity index (χ0v) is 7.94. The number of rotatable bonds is 1. The molecular weight excluding hydrogens is 180 g/mol. The molecule has 0 bridgehead atoms. The lowest BCUT2D eigenvalue weighted by molar-refractivity contribution is 0.928. The molecule has 0 radical (unpaired) electrons.